The maximum absolute atomic E-state index is 13.0. The average Bonchev–Trinajstić information content (AvgIpc) is 3.22. The third-order valence-corrected chi connectivity index (χ3v) is 5.86. The van der Waals surface area contributed by atoms with Gasteiger partial charge in [-0.1, -0.05) is 19.3 Å². The minimum Gasteiger partial charge on any atom is -0.426 e. The van der Waals surface area contributed by atoms with E-state index in [1.54, 1.807) is 29.1 Å². The number of hydrogen-bond donors (Lipinski definition) is 5. The molecule has 184 valence electrons. The number of rotatable bonds is 13. The van der Waals surface area contributed by atoms with Crippen LogP contribution in [0.1, 0.15) is 49.9 Å². The minimum absolute atomic E-state index is 0.0988. The van der Waals surface area contributed by atoms with Gasteiger partial charge in [0.15, 0.2) is 10.8 Å². The number of ketones is 1. The quantitative estimate of drug-likeness (QED) is 0.0514. The zero-order chi connectivity index (χ0) is 25.3. The van der Waals surface area contributed by atoms with Crippen LogP contribution in [0.3, 0.4) is 0 Å². The fourth-order valence-electron chi connectivity index (χ4n) is 3.43. The number of guanidine groups is 1. The summed E-state index contributed by atoms with van der Waals surface area (Å²) in [6, 6.07) is 5.14. The van der Waals surface area contributed by atoms with Crippen molar-refractivity contribution in [2.45, 2.75) is 45.5 Å². The Labute approximate surface area is 200 Å². The summed E-state index contributed by atoms with van der Waals surface area (Å²) < 4.78 is 0.857. The van der Waals surface area contributed by atoms with Crippen LogP contribution < -0.4 is 16.5 Å². The Morgan fingerprint density at radius 2 is 2.09 bits per heavy atom. The lowest BCUT2D eigenvalue weighted by atomic mass is 9.74. The molecule has 14 heteroatoms. The van der Waals surface area contributed by atoms with Gasteiger partial charge in [-0.2, -0.15) is 0 Å². The van der Waals surface area contributed by atoms with Crippen molar-refractivity contribution in [2.75, 3.05) is 6.54 Å². The van der Waals surface area contributed by atoms with Crippen LogP contribution in [0.25, 0.3) is 10.2 Å². The van der Waals surface area contributed by atoms with Gasteiger partial charge in [0.2, 0.25) is 5.91 Å². The molecule has 0 radical (unpaired) electrons. The highest BCUT2D eigenvalue weighted by molar-refractivity contribution is 7.16. The normalized spacial score (nSPS) is 13.5. The van der Waals surface area contributed by atoms with E-state index in [0.717, 1.165) is 10.2 Å². The van der Waals surface area contributed by atoms with Crippen LogP contribution in [0, 0.1) is 22.0 Å². The molecule has 1 heterocycles. The van der Waals surface area contributed by atoms with Crippen molar-refractivity contribution in [2.24, 2.45) is 22.6 Å². The lowest BCUT2D eigenvalue weighted by Gasteiger charge is -2.23. The topological polar surface area (TPSA) is 193 Å². The first-order valence-corrected chi connectivity index (χ1v) is 11.7. The van der Waals surface area contributed by atoms with Crippen molar-refractivity contribution in [3.05, 3.63) is 39.4 Å². The van der Waals surface area contributed by atoms with Gasteiger partial charge in [0.25, 0.3) is 5.96 Å². The average molecular weight is 492 g/mol. The maximum Gasteiger partial charge on any atom is 0.475 e. The van der Waals surface area contributed by atoms with Gasteiger partial charge in [0, 0.05) is 24.4 Å². The number of nitro groups is 1. The number of Topliss-reactive ketones (excluding diaryl/α,β-unsaturated/α-hetero) is 1. The van der Waals surface area contributed by atoms with Crippen molar-refractivity contribution >= 4 is 46.3 Å². The van der Waals surface area contributed by atoms with Gasteiger partial charge in [0.05, 0.1) is 21.7 Å². The summed E-state index contributed by atoms with van der Waals surface area (Å²) in [5.41, 5.74) is 10.0. The summed E-state index contributed by atoms with van der Waals surface area (Å²) in [6.07, 6.45) is 0.819. The van der Waals surface area contributed by atoms with Gasteiger partial charge < -0.3 is 21.1 Å². The van der Waals surface area contributed by atoms with E-state index in [-0.39, 0.29) is 37.0 Å². The molecule has 0 fully saturated rings. The van der Waals surface area contributed by atoms with Gasteiger partial charge >= 0.3 is 7.12 Å². The lowest BCUT2D eigenvalue weighted by molar-refractivity contribution is -0.525. The molecule has 1 aromatic carbocycles. The fourth-order valence-corrected chi connectivity index (χ4v) is 4.14. The smallest absolute Gasteiger partial charge is 0.426 e. The molecule has 34 heavy (non-hydrogen) atoms. The van der Waals surface area contributed by atoms with Crippen LogP contribution >= 0.6 is 11.3 Å². The molecule has 2 rings (SSSR count). The van der Waals surface area contributed by atoms with Crippen molar-refractivity contribution in [1.29, 1.82) is 0 Å². The number of benzene rings is 1. The molecule has 0 bridgehead atoms. The molecule has 0 saturated heterocycles. The first-order chi connectivity index (χ1) is 16.1. The molecule has 0 aliphatic carbocycles. The van der Waals surface area contributed by atoms with Gasteiger partial charge in [0.1, 0.15) is 0 Å². The Kier molecular flexibility index (Phi) is 10.4. The van der Waals surface area contributed by atoms with Gasteiger partial charge in [-0.15, -0.1) is 11.3 Å². The fraction of sp³-hybridized carbons (Fsp3) is 0.500. The van der Waals surface area contributed by atoms with Crippen LogP contribution in [0.4, 0.5) is 0 Å². The highest BCUT2D eigenvalue weighted by Gasteiger charge is 2.30. The van der Waals surface area contributed by atoms with Crippen LogP contribution in [0.15, 0.2) is 28.7 Å². The van der Waals surface area contributed by atoms with Crippen LogP contribution in [0.2, 0.25) is 0 Å². The Balaban J connectivity index is 2.11. The second kappa shape index (κ2) is 13.0. The number of nitrogens with zero attached hydrogens (tertiary/aromatic N) is 3. The second-order valence-electron chi connectivity index (χ2n) is 8.30. The molecule has 0 saturated carbocycles. The number of fused-ring (bicyclic) bond motifs is 1. The Morgan fingerprint density at radius 1 is 1.35 bits per heavy atom. The standard InChI is InChI=1S/C20H29BN6O6S/c1-12(2)8-18(21(30)31)25-19(29)14(4-3-7-23-20(22)26-27(32)33)9-16(28)13-5-6-15-17(10-13)34-11-24-15/h5-6,10-12,14,18,30-31H,3-4,7-9H2,1-2H3,(H,25,29)(H3,22,23,26)/t14-,18+/m1/s1. The predicted molar refractivity (Wildman–Crippen MR) is 129 cm³/mol. The first kappa shape index (κ1) is 27.2. The molecule has 0 spiro atoms. The van der Waals surface area contributed by atoms with E-state index in [4.69, 9.17) is 5.73 Å². The van der Waals surface area contributed by atoms with E-state index < -0.39 is 29.9 Å². The van der Waals surface area contributed by atoms with Gasteiger partial charge in [-0.05, 0) is 43.4 Å². The zero-order valence-electron chi connectivity index (χ0n) is 19.0. The lowest BCUT2D eigenvalue weighted by Crippen LogP contribution is -2.49. The molecule has 1 amide bonds. The van der Waals surface area contributed by atoms with Crippen LogP contribution in [-0.4, -0.2) is 57.3 Å². The number of thiazole rings is 1. The van der Waals surface area contributed by atoms with E-state index in [1.807, 2.05) is 13.8 Å². The number of nitrogens with two attached hydrogens (primary N) is 1. The molecule has 1 aromatic heterocycles. The number of amides is 1. The summed E-state index contributed by atoms with van der Waals surface area (Å²) in [5, 5.41) is 31.5. The Morgan fingerprint density at radius 3 is 2.74 bits per heavy atom. The Hall–Kier alpha value is -3.10. The number of aliphatic imine (C=N–C) groups is 1. The van der Waals surface area contributed by atoms with Crippen LogP contribution in [0.5, 0.6) is 0 Å². The number of carbonyl (C=O) groups excluding carboxylic acids is 2. The third kappa shape index (κ3) is 8.69. The van der Waals surface area contributed by atoms with E-state index in [2.05, 4.69) is 15.3 Å². The largest absolute Gasteiger partial charge is 0.475 e. The molecular formula is C20H29BN6O6S. The van der Waals surface area contributed by atoms with Crippen LogP contribution in [-0.2, 0) is 4.79 Å². The first-order valence-electron chi connectivity index (χ1n) is 10.8. The summed E-state index contributed by atoms with van der Waals surface area (Å²) in [5.74, 6) is -2.62. The number of hydrazine groups is 1. The van der Waals surface area contributed by atoms with Crippen molar-refractivity contribution in [3.8, 4) is 0 Å². The monoisotopic (exact) mass is 492 g/mol. The van der Waals surface area contributed by atoms with E-state index in [9.17, 15) is 29.8 Å². The minimum atomic E-state index is -1.74. The summed E-state index contributed by atoms with van der Waals surface area (Å²) in [4.78, 5) is 44.4. The molecule has 0 unspecified atom stereocenters. The predicted octanol–water partition coefficient (Wildman–Crippen LogP) is 0.904. The molecular weight excluding hydrogens is 463 g/mol. The maximum atomic E-state index is 13.0. The van der Waals surface area contributed by atoms with Gasteiger partial charge in [-0.3, -0.25) is 9.59 Å². The summed E-state index contributed by atoms with van der Waals surface area (Å²) in [6.45, 7) is 3.88. The molecule has 2 atom stereocenters. The molecule has 6 N–H and O–H groups in total. The number of aromatic nitrogens is 1. The van der Waals surface area contributed by atoms with Crippen molar-refractivity contribution < 1.29 is 24.7 Å². The third-order valence-electron chi connectivity index (χ3n) is 5.07. The molecule has 0 aliphatic heterocycles. The Bertz CT molecular complexity index is 1030. The number of hydrogen-bond acceptors (Lipinski definition) is 9. The van der Waals surface area contributed by atoms with E-state index >= 15 is 0 Å². The highest BCUT2D eigenvalue weighted by Crippen LogP contribution is 2.22. The number of carbonyl (C=O) groups is 2. The van der Waals surface area contributed by atoms with E-state index in [1.165, 1.54) is 11.3 Å². The number of nitrogens with one attached hydrogen (secondary N) is 2. The molecule has 12 nitrogen and oxygen atoms in total. The highest BCUT2D eigenvalue weighted by atomic mass is 32.1. The van der Waals surface area contributed by atoms with Crippen molar-refractivity contribution in [1.82, 2.24) is 15.7 Å². The summed E-state index contributed by atoms with van der Waals surface area (Å²) >= 11 is 1.41. The molecule has 2 aromatic rings. The SMILES string of the molecule is CC(C)C[C@H](NC(=O)[C@H](CCCN=C(N)N[N+](=O)[O-])CC(=O)c1ccc2ncsc2c1)B(O)O. The summed E-state index contributed by atoms with van der Waals surface area (Å²) in [7, 11) is -1.74. The molecule has 0 aliphatic rings. The second-order valence-corrected chi connectivity index (χ2v) is 9.18. The van der Waals surface area contributed by atoms with Gasteiger partial charge in [-0.25, -0.2) is 20.1 Å². The van der Waals surface area contributed by atoms with Crippen molar-refractivity contribution in [3.63, 3.8) is 0 Å². The van der Waals surface area contributed by atoms with E-state index in [0.29, 0.717) is 18.4 Å². The zero-order valence-corrected chi connectivity index (χ0v) is 19.8.